The second kappa shape index (κ2) is 4.12. The number of aromatic nitrogens is 2. The molecule has 1 aromatic heterocycles. The summed E-state index contributed by atoms with van der Waals surface area (Å²) in [6.07, 6.45) is -4.03. The minimum Gasteiger partial charge on any atom is -0.383 e. The third-order valence-corrected chi connectivity index (χ3v) is 2.06. The number of nitrogen functional groups attached to an aromatic ring is 1. The molecule has 0 saturated carbocycles. The van der Waals surface area contributed by atoms with Crippen LogP contribution in [0.15, 0.2) is 10.7 Å². The Labute approximate surface area is 86.7 Å². The van der Waals surface area contributed by atoms with Gasteiger partial charge in [0.15, 0.2) is 0 Å². The normalized spacial score (nSPS) is 11.7. The number of halogens is 4. The van der Waals surface area contributed by atoms with Gasteiger partial charge in [-0.25, -0.2) is 9.97 Å². The summed E-state index contributed by atoms with van der Waals surface area (Å²) in [4.78, 5) is 7.40. The summed E-state index contributed by atoms with van der Waals surface area (Å²) in [6, 6.07) is 0. The van der Waals surface area contributed by atoms with Crippen molar-refractivity contribution in [2.75, 3.05) is 5.73 Å². The van der Waals surface area contributed by atoms with Crippen LogP contribution in [0, 0.1) is 0 Å². The molecule has 0 aromatic carbocycles. The van der Waals surface area contributed by atoms with Crippen molar-refractivity contribution in [1.82, 2.24) is 9.97 Å². The zero-order valence-corrected chi connectivity index (χ0v) is 8.56. The highest BCUT2D eigenvalue weighted by atomic mass is 79.9. The summed E-state index contributed by atoms with van der Waals surface area (Å²) in [5.41, 5.74) is 5.38. The Morgan fingerprint density at radius 1 is 1.43 bits per heavy atom. The maximum absolute atomic E-state index is 11.8. The molecule has 1 rings (SSSR count). The summed E-state index contributed by atoms with van der Waals surface area (Å²) in [5.74, 6) is 0.250. The van der Waals surface area contributed by atoms with Gasteiger partial charge in [0.05, 0.1) is 10.9 Å². The second-order valence-corrected chi connectivity index (χ2v) is 3.49. The molecule has 3 nitrogen and oxygen atoms in total. The van der Waals surface area contributed by atoms with Crippen molar-refractivity contribution in [3.8, 4) is 0 Å². The van der Waals surface area contributed by atoms with Gasteiger partial charge in [0.1, 0.15) is 11.6 Å². The number of nitrogens with zero attached hydrogens (tertiary/aromatic N) is 2. The van der Waals surface area contributed by atoms with Crippen LogP contribution in [0.3, 0.4) is 0 Å². The van der Waals surface area contributed by atoms with E-state index < -0.39 is 12.6 Å². The van der Waals surface area contributed by atoms with E-state index in [-0.39, 0.29) is 18.1 Å². The molecule has 1 aromatic rings. The molecular weight excluding hydrogens is 263 g/mol. The van der Waals surface area contributed by atoms with Crippen molar-refractivity contribution in [2.45, 2.75) is 19.0 Å². The summed E-state index contributed by atoms with van der Waals surface area (Å²) < 4.78 is 36.0. The molecular formula is C7H7BrF3N3. The Hall–Kier alpha value is -0.850. The van der Waals surface area contributed by atoms with E-state index in [1.165, 1.54) is 6.20 Å². The fourth-order valence-corrected chi connectivity index (χ4v) is 0.984. The molecule has 0 atom stereocenters. The van der Waals surface area contributed by atoms with Gasteiger partial charge in [0.2, 0.25) is 0 Å². The van der Waals surface area contributed by atoms with Crippen LogP contribution in [-0.2, 0) is 6.42 Å². The molecule has 0 saturated heterocycles. The molecule has 0 radical (unpaired) electrons. The SMILES string of the molecule is Nc1nc(CCC(F)(F)F)ncc1Br. The Bertz CT molecular complexity index is 326. The van der Waals surface area contributed by atoms with Crippen LogP contribution in [-0.4, -0.2) is 16.1 Å². The fourth-order valence-electron chi connectivity index (χ4n) is 0.793. The van der Waals surface area contributed by atoms with Gasteiger partial charge in [-0.05, 0) is 15.9 Å². The highest BCUT2D eigenvalue weighted by Gasteiger charge is 2.27. The van der Waals surface area contributed by atoms with Crippen LogP contribution in [0.1, 0.15) is 12.2 Å². The van der Waals surface area contributed by atoms with Crippen LogP contribution >= 0.6 is 15.9 Å². The summed E-state index contributed by atoms with van der Waals surface area (Å²) in [6.45, 7) is 0. The largest absolute Gasteiger partial charge is 0.389 e. The fraction of sp³-hybridized carbons (Fsp3) is 0.429. The van der Waals surface area contributed by atoms with Crippen molar-refractivity contribution in [1.29, 1.82) is 0 Å². The van der Waals surface area contributed by atoms with Gasteiger partial charge in [0.25, 0.3) is 0 Å². The minimum absolute atomic E-state index is 0.100. The van der Waals surface area contributed by atoms with E-state index in [1.807, 2.05) is 0 Å². The van der Waals surface area contributed by atoms with Gasteiger partial charge in [-0.3, -0.25) is 0 Å². The topological polar surface area (TPSA) is 51.8 Å². The van der Waals surface area contributed by atoms with E-state index in [9.17, 15) is 13.2 Å². The Morgan fingerprint density at radius 3 is 2.57 bits per heavy atom. The van der Waals surface area contributed by atoms with E-state index in [1.54, 1.807) is 0 Å². The van der Waals surface area contributed by atoms with Gasteiger partial charge in [-0.15, -0.1) is 0 Å². The van der Waals surface area contributed by atoms with Crippen molar-refractivity contribution in [2.24, 2.45) is 0 Å². The number of alkyl halides is 3. The maximum atomic E-state index is 11.8. The van der Waals surface area contributed by atoms with E-state index in [2.05, 4.69) is 25.9 Å². The molecule has 0 aliphatic rings. The summed E-state index contributed by atoms with van der Waals surface area (Å²) in [7, 11) is 0. The molecule has 14 heavy (non-hydrogen) atoms. The van der Waals surface area contributed by atoms with E-state index in [4.69, 9.17) is 5.73 Å². The number of anilines is 1. The lowest BCUT2D eigenvalue weighted by atomic mass is 10.3. The first-order valence-corrected chi connectivity index (χ1v) is 4.51. The lowest BCUT2D eigenvalue weighted by Gasteiger charge is -2.05. The molecule has 0 fully saturated rings. The van der Waals surface area contributed by atoms with Crippen LogP contribution in [0.5, 0.6) is 0 Å². The molecule has 0 unspecified atom stereocenters. The number of hydrogen-bond acceptors (Lipinski definition) is 3. The molecule has 78 valence electrons. The smallest absolute Gasteiger partial charge is 0.383 e. The molecule has 0 bridgehead atoms. The van der Waals surface area contributed by atoms with Crippen molar-refractivity contribution < 1.29 is 13.2 Å². The maximum Gasteiger partial charge on any atom is 0.389 e. The zero-order chi connectivity index (χ0) is 10.8. The average Bonchev–Trinajstić information content (AvgIpc) is 2.06. The van der Waals surface area contributed by atoms with Gasteiger partial charge in [-0.1, -0.05) is 0 Å². The second-order valence-electron chi connectivity index (χ2n) is 2.63. The first-order valence-electron chi connectivity index (χ1n) is 3.72. The van der Waals surface area contributed by atoms with E-state index in [0.29, 0.717) is 4.47 Å². The van der Waals surface area contributed by atoms with Crippen LogP contribution in [0.25, 0.3) is 0 Å². The Kier molecular flexibility index (Phi) is 3.30. The van der Waals surface area contributed by atoms with Crippen molar-refractivity contribution in [3.63, 3.8) is 0 Å². The van der Waals surface area contributed by atoms with Crippen LogP contribution in [0.4, 0.5) is 19.0 Å². The van der Waals surface area contributed by atoms with Gasteiger partial charge in [0, 0.05) is 12.6 Å². The first kappa shape index (κ1) is 11.2. The van der Waals surface area contributed by atoms with E-state index in [0.717, 1.165) is 0 Å². The molecule has 1 heterocycles. The van der Waals surface area contributed by atoms with Crippen molar-refractivity contribution >= 4 is 21.7 Å². The predicted molar refractivity (Wildman–Crippen MR) is 48.5 cm³/mol. The van der Waals surface area contributed by atoms with Crippen LogP contribution in [0.2, 0.25) is 0 Å². The number of rotatable bonds is 2. The standard InChI is InChI=1S/C7H7BrF3N3/c8-4-3-13-5(14-6(4)12)1-2-7(9,10)11/h3H,1-2H2,(H2,12,13,14). The molecule has 0 spiro atoms. The quantitative estimate of drug-likeness (QED) is 0.897. The number of aryl methyl sites for hydroxylation is 1. The zero-order valence-electron chi connectivity index (χ0n) is 6.98. The highest BCUT2D eigenvalue weighted by Crippen LogP contribution is 2.22. The summed E-state index contributed by atoms with van der Waals surface area (Å²) >= 11 is 3.05. The Balaban J connectivity index is 2.65. The summed E-state index contributed by atoms with van der Waals surface area (Å²) in [5, 5.41) is 0. The third-order valence-electron chi connectivity index (χ3n) is 1.45. The minimum atomic E-state index is -4.19. The predicted octanol–water partition coefficient (Wildman–Crippen LogP) is 2.32. The molecule has 7 heteroatoms. The van der Waals surface area contributed by atoms with E-state index >= 15 is 0 Å². The first-order chi connectivity index (χ1) is 6.38. The Morgan fingerprint density at radius 2 is 2.07 bits per heavy atom. The van der Waals surface area contributed by atoms with Crippen LogP contribution < -0.4 is 5.73 Å². The highest BCUT2D eigenvalue weighted by molar-refractivity contribution is 9.10. The number of hydrogen-bond donors (Lipinski definition) is 1. The molecule has 0 aliphatic carbocycles. The molecule has 2 N–H and O–H groups in total. The van der Waals surface area contributed by atoms with Gasteiger partial charge >= 0.3 is 6.18 Å². The van der Waals surface area contributed by atoms with Gasteiger partial charge in [-0.2, -0.15) is 13.2 Å². The molecule has 0 aliphatic heterocycles. The monoisotopic (exact) mass is 269 g/mol. The lowest BCUT2D eigenvalue weighted by Crippen LogP contribution is -2.10. The number of nitrogens with two attached hydrogens (primary N) is 1. The van der Waals surface area contributed by atoms with Crippen molar-refractivity contribution in [3.05, 3.63) is 16.5 Å². The molecule has 0 amide bonds. The lowest BCUT2D eigenvalue weighted by molar-refractivity contribution is -0.134. The van der Waals surface area contributed by atoms with Gasteiger partial charge < -0.3 is 5.73 Å². The average molecular weight is 270 g/mol. The third kappa shape index (κ3) is 3.49.